The molecule has 0 aliphatic carbocycles. The van der Waals surface area contributed by atoms with E-state index in [0.717, 1.165) is 30.9 Å². The van der Waals surface area contributed by atoms with Crippen molar-refractivity contribution in [2.75, 3.05) is 29.0 Å². The molecule has 0 radical (unpaired) electrons. The smallest absolute Gasteiger partial charge is 0.247 e. The lowest BCUT2D eigenvalue weighted by molar-refractivity contribution is -0.111. The van der Waals surface area contributed by atoms with E-state index in [4.69, 9.17) is 0 Å². The lowest BCUT2D eigenvalue weighted by atomic mass is 10.0. The minimum atomic E-state index is -0.411. The Morgan fingerprint density at radius 1 is 1.09 bits per heavy atom. The van der Waals surface area contributed by atoms with Crippen LogP contribution in [0.3, 0.4) is 0 Å². The first-order chi connectivity index (χ1) is 17.1. The molecule has 1 amide bonds. The topological polar surface area (TPSA) is 91.0 Å². The second kappa shape index (κ2) is 9.90. The molecule has 5 rings (SSSR count). The van der Waals surface area contributed by atoms with Gasteiger partial charge in [0.1, 0.15) is 5.82 Å². The standard InChI is InChI=1S/C27H25FN6O/c1-2-24(35)32-21-5-3-4-17(14-21)25-23(28)11-6-18-15-30-27(34-26(18)25)33-20-9-7-19(8-10-20)31-22-12-13-29-16-22/h2-11,14-15,22,29,31H,1,12-13,16H2,(H,32,35)(H,30,33,34). The maximum Gasteiger partial charge on any atom is 0.247 e. The van der Waals surface area contributed by atoms with Gasteiger partial charge in [0.2, 0.25) is 11.9 Å². The molecule has 7 nitrogen and oxygen atoms in total. The van der Waals surface area contributed by atoms with Crippen LogP contribution in [0, 0.1) is 5.82 Å². The largest absolute Gasteiger partial charge is 0.381 e. The highest BCUT2D eigenvalue weighted by Crippen LogP contribution is 2.32. The first-order valence-electron chi connectivity index (χ1n) is 11.4. The van der Waals surface area contributed by atoms with Crippen LogP contribution in [0.15, 0.2) is 79.5 Å². The highest BCUT2D eigenvalue weighted by Gasteiger charge is 2.15. The molecule has 35 heavy (non-hydrogen) atoms. The summed E-state index contributed by atoms with van der Waals surface area (Å²) in [6.45, 7) is 5.46. The van der Waals surface area contributed by atoms with Gasteiger partial charge in [-0.2, -0.15) is 0 Å². The third-order valence-corrected chi connectivity index (χ3v) is 5.88. The number of hydrogen-bond donors (Lipinski definition) is 4. The van der Waals surface area contributed by atoms with E-state index >= 15 is 4.39 Å². The third kappa shape index (κ3) is 5.12. The van der Waals surface area contributed by atoms with E-state index in [1.54, 1.807) is 36.5 Å². The fraction of sp³-hybridized carbons (Fsp3) is 0.148. The molecule has 4 N–H and O–H groups in total. The van der Waals surface area contributed by atoms with Crippen LogP contribution in [-0.2, 0) is 4.79 Å². The number of halogens is 1. The van der Waals surface area contributed by atoms with Crippen LogP contribution in [0.25, 0.3) is 22.0 Å². The van der Waals surface area contributed by atoms with Crippen molar-refractivity contribution in [1.82, 2.24) is 15.3 Å². The fourth-order valence-electron chi connectivity index (χ4n) is 4.15. The molecule has 1 unspecified atom stereocenters. The van der Waals surface area contributed by atoms with Gasteiger partial charge in [-0.1, -0.05) is 18.7 Å². The van der Waals surface area contributed by atoms with Crippen LogP contribution in [0.4, 0.5) is 27.4 Å². The number of rotatable bonds is 7. The molecule has 1 atom stereocenters. The van der Waals surface area contributed by atoms with E-state index in [1.165, 1.54) is 12.1 Å². The number of carbonyl (C=O) groups is 1. The van der Waals surface area contributed by atoms with Crippen molar-refractivity contribution in [3.63, 3.8) is 0 Å². The van der Waals surface area contributed by atoms with Crippen molar-refractivity contribution >= 4 is 39.8 Å². The Labute approximate surface area is 202 Å². The monoisotopic (exact) mass is 468 g/mol. The van der Waals surface area contributed by atoms with Gasteiger partial charge in [-0.15, -0.1) is 0 Å². The van der Waals surface area contributed by atoms with Crippen molar-refractivity contribution in [2.24, 2.45) is 0 Å². The van der Waals surface area contributed by atoms with Gasteiger partial charge in [0.15, 0.2) is 0 Å². The van der Waals surface area contributed by atoms with Crippen LogP contribution in [0.1, 0.15) is 6.42 Å². The van der Waals surface area contributed by atoms with E-state index in [1.807, 2.05) is 24.3 Å². The summed E-state index contributed by atoms with van der Waals surface area (Å²) in [7, 11) is 0. The molecule has 176 valence electrons. The summed E-state index contributed by atoms with van der Waals surface area (Å²) in [6.07, 6.45) is 3.96. The Balaban J connectivity index is 1.43. The Hall–Kier alpha value is -4.30. The Kier molecular flexibility index (Phi) is 6.36. The molecule has 2 heterocycles. The molecule has 0 bridgehead atoms. The summed E-state index contributed by atoms with van der Waals surface area (Å²) in [6, 6.07) is 18.4. The van der Waals surface area contributed by atoms with E-state index in [2.05, 4.69) is 37.8 Å². The van der Waals surface area contributed by atoms with Crippen molar-refractivity contribution in [2.45, 2.75) is 12.5 Å². The molecule has 3 aromatic carbocycles. The van der Waals surface area contributed by atoms with Crippen LogP contribution in [-0.4, -0.2) is 35.0 Å². The van der Waals surface area contributed by atoms with Crippen LogP contribution in [0.2, 0.25) is 0 Å². The van der Waals surface area contributed by atoms with Crippen molar-refractivity contribution in [1.29, 1.82) is 0 Å². The number of carbonyl (C=O) groups excluding carboxylic acids is 1. The Bertz CT molecular complexity index is 1380. The zero-order valence-corrected chi connectivity index (χ0v) is 19.0. The molecule has 8 heteroatoms. The average Bonchev–Trinajstić information content (AvgIpc) is 3.38. The zero-order chi connectivity index (χ0) is 24.2. The number of aromatic nitrogens is 2. The van der Waals surface area contributed by atoms with Crippen LogP contribution < -0.4 is 21.3 Å². The van der Waals surface area contributed by atoms with Gasteiger partial charge in [-0.05, 0) is 73.1 Å². The second-order valence-electron chi connectivity index (χ2n) is 8.36. The van der Waals surface area contributed by atoms with E-state index in [0.29, 0.717) is 39.7 Å². The van der Waals surface area contributed by atoms with E-state index in [9.17, 15) is 4.79 Å². The van der Waals surface area contributed by atoms with Gasteiger partial charge in [-0.25, -0.2) is 14.4 Å². The third-order valence-electron chi connectivity index (χ3n) is 5.88. The molecule has 1 aliphatic heterocycles. The maximum absolute atomic E-state index is 15.0. The number of nitrogens with zero attached hydrogens (tertiary/aromatic N) is 2. The molecule has 0 spiro atoms. The fourth-order valence-corrected chi connectivity index (χ4v) is 4.15. The summed E-state index contributed by atoms with van der Waals surface area (Å²) in [5.74, 6) is -0.386. The number of anilines is 4. The Morgan fingerprint density at radius 2 is 1.91 bits per heavy atom. The van der Waals surface area contributed by atoms with Gasteiger partial charge >= 0.3 is 0 Å². The molecule has 0 saturated carbocycles. The minimum absolute atomic E-state index is 0.338. The van der Waals surface area contributed by atoms with Crippen LogP contribution in [0.5, 0.6) is 0 Å². The lowest BCUT2D eigenvalue weighted by Gasteiger charge is -2.14. The summed E-state index contributed by atoms with van der Waals surface area (Å²) in [5.41, 5.74) is 3.83. The second-order valence-corrected chi connectivity index (χ2v) is 8.36. The summed E-state index contributed by atoms with van der Waals surface area (Å²) in [4.78, 5) is 20.7. The number of nitrogens with one attached hydrogen (secondary N) is 4. The molecule has 4 aromatic rings. The summed E-state index contributed by atoms with van der Waals surface area (Å²) in [5, 5.41) is 13.5. The maximum atomic E-state index is 15.0. The highest BCUT2D eigenvalue weighted by molar-refractivity contribution is 6.00. The summed E-state index contributed by atoms with van der Waals surface area (Å²) < 4.78 is 15.0. The molecule has 1 fully saturated rings. The highest BCUT2D eigenvalue weighted by atomic mass is 19.1. The van der Waals surface area contributed by atoms with Gasteiger partial charge in [0.25, 0.3) is 0 Å². The molecular weight excluding hydrogens is 443 g/mol. The van der Waals surface area contributed by atoms with Crippen molar-refractivity contribution in [3.05, 3.63) is 85.3 Å². The predicted molar refractivity (Wildman–Crippen MR) is 138 cm³/mol. The van der Waals surface area contributed by atoms with E-state index in [-0.39, 0.29) is 5.91 Å². The normalized spacial score (nSPS) is 15.1. The van der Waals surface area contributed by atoms with Gasteiger partial charge in [-0.3, -0.25) is 4.79 Å². The Morgan fingerprint density at radius 3 is 2.69 bits per heavy atom. The van der Waals surface area contributed by atoms with Gasteiger partial charge in [0, 0.05) is 46.8 Å². The quantitative estimate of drug-likeness (QED) is 0.283. The van der Waals surface area contributed by atoms with E-state index < -0.39 is 5.82 Å². The predicted octanol–water partition coefficient (Wildman–Crippen LogP) is 5.08. The zero-order valence-electron chi connectivity index (χ0n) is 19.0. The van der Waals surface area contributed by atoms with Gasteiger partial charge in [0.05, 0.1) is 5.52 Å². The lowest BCUT2D eigenvalue weighted by Crippen LogP contribution is -2.21. The minimum Gasteiger partial charge on any atom is -0.381 e. The van der Waals surface area contributed by atoms with Gasteiger partial charge < -0.3 is 21.3 Å². The number of benzene rings is 3. The number of hydrogen-bond acceptors (Lipinski definition) is 6. The first kappa shape index (κ1) is 22.5. The molecule has 1 aromatic heterocycles. The van der Waals surface area contributed by atoms with Crippen molar-refractivity contribution in [3.8, 4) is 11.1 Å². The van der Waals surface area contributed by atoms with Crippen molar-refractivity contribution < 1.29 is 9.18 Å². The molecule has 1 saturated heterocycles. The van der Waals surface area contributed by atoms with Crippen LogP contribution >= 0.6 is 0 Å². The SMILES string of the molecule is C=CC(=O)Nc1cccc(-c2c(F)ccc3cnc(Nc4ccc(NC5CCNC5)cc4)nc23)c1. The number of amides is 1. The number of fused-ring (bicyclic) bond motifs is 1. The average molecular weight is 469 g/mol. The molecular formula is C27H25FN6O. The first-order valence-corrected chi connectivity index (χ1v) is 11.4. The molecule has 1 aliphatic rings. The summed E-state index contributed by atoms with van der Waals surface area (Å²) >= 11 is 0.